The lowest BCUT2D eigenvalue weighted by atomic mass is 9.91. The van der Waals surface area contributed by atoms with Crippen LogP contribution in [0, 0.1) is 0 Å². The smallest absolute Gasteiger partial charge is 0.374 e. The number of carbonyl (C=O) groups excluding carboxylic acids is 1. The molecule has 0 aliphatic heterocycles. The number of ether oxygens (including phenoxy) is 1. The molecule has 3 nitrogen and oxygen atoms in total. The minimum atomic E-state index is -0.385. The zero-order chi connectivity index (χ0) is 12.5. The third kappa shape index (κ3) is 1.72. The Hall–Kier alpha value is -2.03. The van der Waals surface area contributed by atoms with E-state index < -0.39 is 0 Å². The third-order valence-corrected chi connectivity index (χ3v) is 3.21. The van der Waals surface area contributed by atoms with Gasteiger partial charge in [-0.05, 0) is 37.0 Å². The number of fused-ring (bicyclic) bond motifs is 3. The van der Waals surface area contributed by atoms with Crippen molar-refractivity contribution in [3.63, 3.8) is 0 Å². The molecule has 0 bridgehead atoms. The molecule has 3 rings (SSSR count). The van der Waals surface area contributed by atoms with Crippen molar-refractivity contribution in [2.24, 2.45) is 0 Å². The molecule has 0 spiro atoms. The van der Waals surface area contributed by atoms with Crippen LogP contribution in [0.2, 0.25) is 0 Å². The Bertz CT molecular complexity index is 596. The Labute approximate surface area is 105 Å². The molecule has 1 aromatic carbocycles. The molecule has 3 heteroatoms. The molecule has 18 heavy (non-hydrogen) atoms. The Morgan fingerprint density at radius 3 is 2.89 bits per heavy atom. The van der Waals surface area contributed by atoms with E-state index in [1.54, 1.807) is 6.92 Å². The normalized spacial score (nSPS) is 12.7. The molecule has 0 amide bonds. The van der Waals surface area contributed by atoms with Crippen molar-refractivity contribution in [1.82, 2.24) is 0 Å². The van der Waals surface area contributed by atoms with Gasteiger partial charge in [-0.3, -0.25) is 0 Å². The number of benzene rings is 1. The largest absolute Gasteiger partial charge is 0.460 e. The fraction of sp³-hybridized carbons (Fsp3) is 0.267. The van der Waals surface area contributed by atoms with E-state index in [2.05, 4.69) is 6.07 Å². The highest BCUT2D eigenvalue weighted by atomic mass is 16.5. The molecule has 0 unspecified atom stereocenters. The van der Waals surface area contributed by atoms with Crippen LogP contribution < -0.4 is 0 Å². The third-order valence-electron chi connectivity index (χ3n) is 3.21. The van der Waals surface area contributed by atoms with E-state index in [9.17, 15) is 4.79 Å². The van der Waals surface area contributed by atoms with Gasteiger partial charge in [0.25, 0.3) is 0 Å². The van der Waals surface area contributed by atoms with Crippen LogP contribution in [0.1, 0.15) is 28.6 Å². The Morgan fingerprint density at radius 2 is 2.06 bits per heavy atom. The number of hydrogen-bond acceptors (Lipinski definition) is 3. The number of aryl methyl sites for hydroxylation is 2. The van der Waals surface area contributed by atoms with Gasteiger partial charge in [-0.15, -0.1) is 0 Å². The van der Waals surface area contributed by atoms with Crippen LogP contribution in [-0.2, 0) is 17.6 Å². The Balaban J connectivity index is 2.04. The van der Waals surface area contributed by atoms with Crippen LogP contribution in [-0.4, -0.2) is 12.6 Å². The number of esters is 1. The van der Waals surface area contributed by atoms with Crippen LogP contribution in [0.15, 0.2) is 34.7 Å². The van der Waals surface area contributed by atoms with Crippen LogP contribution >= 0.6 is 0 Å². The Morgan fingerprint density at radius 1 is 1.28 bits per heavy atom. The average molecular weight is 242 g/mol. The van der Waals surface area contributed by atoms with E-state index in [-0.39, 0.29) is 5.97 Å². The molecule has 0 radical (unpaired) electrons. The monoisotopic (exact) mass is 242 g/mol. The summed E-state index contributed by atoms with van der Waals surface area (Å²) in [4.78, 5) is 11.7. The van der Waals surface area contributed by atoms with E-state index in [1.807, 2.05) is 24.3 Å². The molecule has 92 valence electrons. The number of carbonyl (C=O) groups is 1. The van der Waals surface area contributed by atoms with Gasteiger partial charge in [0.05, 0.1) is 6.61 Å². The fourth-order valence-electron chi connectivity index (χ4n) is 2.37. The highest BCUT2D eigenvalue weighted by Crippen LogP contribution is 2.35. The zero-order valence-electron chi connectivity index (χ0n) is 10.2. The summed E-state index contributed by atoms with van der Waals surface area (Å²) in [6.07, 6.45) is 1.90. The Kier molecular flexibility index (Phi) is 2.67. The molecule has 1 aliphatic carbocycles. The van der Waals surface area contributed by atoms with Gasteiger partial charge in [-0.25, -0.2) is 4.79 Å². The van der Waals surface area contributed by atoms with Crippen molar-refractivity contribution in [3.05, 3.63) is 47.2 Å². The standard InChI is InChI=1S/C15H14O3/c1-2-17-15(16)13-9-11-8-7-10-5-3-4-6-12(10)14(11)18-13/h3-6,9H,2,7-8H2,1H3. The lowest BCUT2D eigenvalue weighted by Crippen LogP contribution is -2.02. The second kappa shape index (κ2) is 4.33. The first-order valence-electron chi connectivity index (χ1n) is 6.17. The SMILES string of the molecule is CCOC(=O)c1cc2c(o1)-c1ccccc1CC2. The van der Waals surface area contributed by atoms with Gasteiger partial charge in [0.2, 0.25) is 5.76 Å². The summed E-state index contributed by atoms with van der Waals surface area (Å²) in [5.74, 6) is 0.739. The van der Waals surface area contributed by atoms with E-state index in [4.69, 9.17) is 9.15 Å². The molecular weight excluding hydrogens is 228 g/mol. The predicted octanol–water partition coefficient (Wildman–Crippen LogP) is 3.22. The van der Waals surface area contributed by atoms with Gasteiger partial charge >= 0.3 is 5.97 Å². The van der Waals surface area contributed by atoms with Crippen LogP contribution in [0.4, 0.5) is 0 Å². The highest BCUT2D eigenvalue weighted by molar-refractivity contribution is 5.88. The molecule has 0 saturated heterocycles. The lowest BCUT2D eigenvalue weighted by Gasteiger charge is -2.13. The molecule has 0 N–H and O–H groups in total. The van der Waals surface area contributed by atoms with Gasteiger partial charge in [-0.1, -0.05) is 24.3 Å². The molecule has 1 aliphatic rings. The maximum absolute atomic E-state index is 11.7. The summed E-state index contributed by atoms with van der Waals surface area (Å²) >= 11 is 0. The summed E-state index contributed by atoms with van der Waals surface area (Å²) in [5, 5.41) is 0. The summed E-state index contributed by atoms with van der Waals surface area (Å²) in [6, 6.07) is 9.96. The van der Waals surface area contributed by atoms with Crippen molar-refractivity contribution < 1.29 is 13.9 Å². The van der Waals surface area contributed by atoms with Crippen molar-refractivity contribution >= 4 is 5.97 Å². The van der Waals surface area contributed by atoms with Crippen molar-refractivity contribution in [1.29, 1.82) is 0 Å². The van der Waals surface area contributed by atoms with Gasteiger partial charge in [0.15, 0.2) is 0 Å². The lowest BCUT2D eigenvalue weighted by molar-refractivity contribution is 0.0491. The van der Waals surface area contributed by atoms with E-state index in [0.717, 1.165) is 29.7 Å². The molecule has 1 aromatic heterocycles. The number of rotatable bonds is 2. The van der Waals surface area contributed by atoms with E-state index in [1.165, 1.54) is 5.56 Å². The minimum Gasteiger partial charge on any atom is -0.460 e. The number of hydrogen-bond donors (Lipinski definition) is 0. The van der Waals surface area contributed by atoms with E-state index in [0.29, 0.717) is 12.4 Å². The molecule has 0 atom stereocenters. The number of furan rings is 1. The molecular formula is C15H14O3. The van der Waals surface area contributed by atoms with Crippen molar-refractivity contribution in [2.75, 3.05) is 6.61 Å². The fourth-order valence-corrected chi connectivity index (χ4v) is 2.37. The van der Waals surface area contributed by atoms with Gasteiger partial charge in [-0.2, -0.15) is 0 Å². The average Bonchev–Trinajstić information content (AvgIpc) is 2.83. The van der Waals surface area contributed by atoms with Gasteiger partial charge < -0.3 is 9.15 Å². The molecule has 2 aromatic rings. The summed E-state index contributed by atoms with van der Waals surface area (Å²) in [7, 11) is 0. The quantitative estimate of drug-likeness (QED) is 0.759. The van der Waals surface area contributed by atoms with Crippen LogP contribution in [0.5, 0.6) is 0 Å². The molecule has 0 fully saturated rings. The molecule has 0 saturated carbocycles. The summed E-state index contributed by atoms with van der Waals surface area (Å²) in [6.45, 7) is 2.15. The first-order valence-corrected chi connectivity index (χ1v) is 6.17. The van der Waals surface area contributed by atoms with Crippen LogP contribution in [0.25, 0.3) is 11.3 Å². The first-order chi connectivity index (χ1) is 8.79. The zero-order valence-corrected chi connectivity index (χ0v) is 10.2. The second-order valence-electron chi connectivity index (χ2n) is 4.34. The summed E-state index contributed by atoms with van der Waals surface area (Å²) < 4.78 is 10.6. The molecule has 1 heterocycles. The van der Waals surface area contributed by atoms with Gasteiger partial charge in [0, 0.05) is 5.56 Å². The minimum absolute atomic E-state index is 0.304. The summed E-state index contributed by atoms with van der Waals surface area (Å²) in [5.41, 5.74) is 3.46. The highest BCUT2D eigenvalue weighted by Gasteiger charge is 2.23. The van der Waals surface area contributed by atoms with E-state index >= 15 is 0 Å². The van der Waals surface area contributed by atoms with Crippen molar-refractivity contribution in [2.45, 2.75) is 19.8 Å². The predicted molar refractivity (Wildman–Crippen MR) is 67.5 cm³/mol. The topological polar surface area (TPSA) is 39.4 Å². The van der Waals surface area contributed by atoms with Crippen molar-refractivity contribution in [3.8, 4) is 11.3 Å². The van der Waals surface area contributed by atoms with Gasteiger partial charge in [0.1, 0.15) is 5.76 Å². The van der Waals surface area contributed by atoms with Crippen LogP contribution in [0.3, 0.4) is 0 Å². The maximum Gasteiger partial charge on any atom is 0.374 e. The second-order valence-corrected chi connectivity index (χ2v) is 4.34. The maximum atomic E-state index is 11.7. The first kappa shape index (κ1) is 11.1.